The third kappa shape index (κ3) is 4.86. The standard InChI is InChI=1S/C21H25N3O3S/c1-19-9-11-21(12-10-19)28(26,27)24(18-25)23-16-14-22(15-17-23)13-5-8-20-6-3-2-4-7-20/h2-12,18H,13-17H2,1H3. The second-order valence-corrected chi connectivity index (χ2v) is 8.56. The van der Waals surface area contributed by atoms with Crippen LogP contribution < -0.4 is 0 Å². The second-order valence-electron chi connectivity index (χ2n) is 6.76. The SMILES string of the molecule is Cc1ccc(S(=O)(=O)N(C=O)N2CCN(CC=Cc3ccccc3)CC2)cc1. The van der Waals surface area contributed by atoms with Gasteiger partial charge in [0.1, 0.15) is 0 Å². The van der Waals surface area contributed by atoms with Crippen LogP contribution in [0.3, 0.4) is 0 Å². The summed E-state index contributed by atoms with van der Waals surface area (Å²) >= 11 is 0. The molecule has 0 aromatic heterocycles. The van der Waals surface area contributed by atoms with Gasteiger partial charge in [0.2, 0.25) is 6.41 Å². The summed E-state index contributed by atoms with van der Waals surface area (Å²) in [6, 6.07) is 16.6. The first-order chi connectivity index (χ1) is 13.5. The van der Waals surface area contributed by atoms with Gasteiger partial charge in [-0.2, -0.15) is 12.8 Å². The Kier molecular flexibility index (Phi) is 6.61. The minimum absolute atomic E-state index is 0.124. The lowest BCUT2D eigenvalue weighted by Gasteiger charge is -2.38. The van der Waals surface area contributed by atoms with Gasteiger partial charge in [-0.3, -0.25) is 9.69 Å². The highest BCUT2D eigenvalue weighted by Gasteiger charge is 2.30. The van der Waals surface area contributed by atoms with E-state index < -0.39 is 10.0 Å². The minimum atomic E-state index is -3.88. The maximum atomic E-state index is 12.8. The third-order valence-corrected chi connectivity index (χ3v) is 6.43. The first-order valence-corrected chi connectivity index (χ1v) is 10.7. The van der Waals surface area contributed by atoms with Crippen LogP contribution in [-0.2, 0) is 14.8 Å². The number of aryl methyl sites for hydroxylation is 1. The van der Waals surface area contributed by atoms with Crippen molar-refractivity contribution in [3.63, 3.8) is 0 Å². The van der Waals surface area contributed by atoms with E-state index in [4.69, 9.17) is 0 Å². The van der Waals surface area contributed by atoms with Crippen molar-refractivity contribution in [3.05, 3.63) is 71.8 Å². The smallest absolute Gasteiger partial charge is 0.280 e. The number of sulfonamides is 1. The molecule has 0 radical (unpaired) electrons. The van der Waals surface area contributed by atoms with Gasteiger partial charge in [0.15, 0.2) is 0 Å². The van der Waals surface area contributed by atoms with E-state index in [1.807, 2.05) is 37.3 Å². The number of carbonyl (C=O) groups is 1. The van der Waals surface area contributed by atoms with Gasteiger partial charge in [-0.25, -0.2) is 5.01 Å². The summed E-state index contributed by atoms with van der Waals surface area (Å²) < 4.78 is 26.5. The lowest BCUT2D eigenvalue weighted by Crippen LogP contribution is -2.54. The number of hydrazine groups is 1. The van der Waals surface area contributed by atoms with E-state index in [1.165, 1.54) is 12.1 Å². The monoisotopic (exact) mass is 399 g/mol. The summed E-state index contributed by atoms with van der Waals surface area (Å²) in [6.07, 6.45) is 4.57. The summed E-state index contributed by atoms with van der Waals surface area (Å²) in [5, 5.41) is 1.60. The molecule has 0 N–H and O–H groups in total. The summed E-state index contributed by atoms with van der Waals surface area (Å²) in [5.74, 6) is 0. The molecule has 3 rings (SSSR count). The summed E-state index contributed by atoms with van der Waals surface area (Å²) in [5.41, 5.74) is 2.12. The average molecular weight is 400 g/mol. The Bertz CT molecular complexity index is 904. The van der Waals surface area contributed by atoms with Crippen LogP contribution in [0.15, 0.2) is 65.6 Å². The van der Waals surface area contributed by atoms with Crippen molar-refractivity contribution in [1.82, 2.24) is 14.3 Å². The number of hydrogen-bond donors (Lipinski definition) is 0. The number of nitrogens with zero attached hydrogens (tertiary/aromatic N) is 3. The lowest BCUT2D eigenvalue weighted by molar-refractivity contribution is -0.125. The van der Waals surface area contributed by atoms with Crippen molar-refractivity contribution in [3.8, 4) is 0 Å². The van der Waals surface area contributed by atoms with Crippen molar-refractivity contribution in [2.75, 3.05) is 32.7 Å². The molecule has 1 fully saturated rings. The Labute approximate surface area is 166 Å². The van der Waals surface area contributed by atoms with Gasteiger partial charge in [-0.05, 0) is 24.6 Å². The molecule has 1 amide bonds. The van der Waals surface area contributed by atoms with Crippen molar-refractivity contribution < 1.29 is 13.2 Å². The van der Waals surface area contributed by atoms with Gasteiger partial charge in [-0.1, -0.05) is 60.2 Å². The molecule has 1 aliphatic heterocycles. The molecule has 2 aromatic rings. The van der Waals surface area contributed by atoms with Crippen LogP contribution in [0.4, 0.5) is 0 Å². The van der Waals surface area contributed by atoms with Gasteiger partial charge >= 0.3 is 0 Å². The second kappa shape index (κ2) is 9.14. The lowest BCUT2D eigenvalue weighted by atomic mass is 10.2. The Hall–Kier alpha value is -2.48. The van der Waals surface area contributed by atoms with Crippen LogP contribution in [0.5, 0.6) is 0 Å². The maximum absolute atomic E-state index is 12.8. The maximum Gasteiger partial charge on any atom is 0.280 e. The van der Waals surface area contributed by atoms with Crippen LogP contribution in [0, 0.1) is 6.92 Å². The molecule has 0 spiro atoms. The number of carbonyl (C=O) groups excluding carboxylic acids is 1. The molecule has 0 saturated carbocycles. The Balaban J connectivity index is 1.59. The fourth-order valence-corrected chi connectivity index (χ4v) is 4.39. The summed E-state index contributed by atoms with van der Waals surface area (Å²) in [7, 11) is -3.88. The molecule has 1 heterocycles. The largest absolute Gasteiger partial charge is 0.297 e. The topological polar surface area (TPSA) is 60.9 Å². The van der Waals surface area contributed by atoms with E-state index in [0.29, 0.717) is 32.6 Å². The van der Waals surface area contributed by atoms with Crippen LogP contribution in [0.2, 0.25) is 0 Å². The van der Waals surface area contributed by atoms with Crippen LogP contribution in [-0.4, -0.2) is 61.9 Å². The molecule has 1 saturated heterocycles. The Morgan fingerprint density at radius 1 is 0.964 bits per heavy atom. The molecule has 1 aliphatic rings. The fraction of sp³-hybridized carbons (Fsp3) is 0.286. The molecule has 28 heavy (non-hydrogen) atoms. The van der Waals surface area contributed by atoms with Crippen LogP contribution in [0.25, 0.3) is 6.08 Å². The molecule has 0 aliphatic carbocycles. The van der Waals surface area contributed by atoms with Crippen LogP contribution in [0.1, 0.15) is 11.1 Å². The number of piperazine rings is 1. The van der Waals surface area contributed by atoms with Crippen molar-refractivity contribution in [1.29, 1.82) is 0 Å². The highest BCUT2D eigenvalue weighted by atomic mass is 32.2. The average Bonchev–Trinajstić information content (AvgIpc) is 2.71. The zero-order chi connectivity index (χ0) is 20.0. The summed E-state index contributed by atoms with van der Waals surface area (Å²) in [6.45, 7) is 5.00. The van der Waals surface area contributed by atoms with E-state index in [9.17, 15) is 13.2 Å². The van der Waals surface area contributed by atoms with Gasteiger partial charge < -0.3 is 0 Å². The minimum Gasteiger partial charge on any atom is -0.297 e. The van der Waals surface area contributed by atoms with Crippen molar-refractivity contribution in [2.24, 2.45) is 0 Å². The molecule has 7 heteroatoms. The molecular formula is C21H25N3O3S. The molecule has 0 bridgehead atoms. The molecule has 2 aromatic carbocycles. The van der Waals surface area contributed by atoms with Crippen molar-refractivity contribution >= 4 is 22.5 Å². The quantitative estimate of drug-likeness (QED) is 0.669. The van der Waals surface area contributed by atoms with Crippen molar-refractivity contribution in [2.45, 2.75) is 11.8 Å². The third-order valence-electron chi connectivity index (χ3n) is 4.76. The molecule has 0 atom stereocenters. The van der Waals surface area contributed by atoms with E-state index in [1.54, 1.807) is 17.1 Å². The van der Waals surface area contributed by atoms with Gasteiger partial charge in [0.25, 0.3) is 10.0 Å². The molecule has 148 valence electrons. The predicted molar refractivity (Wildman–Crippen MR) is 110 cm³/mol. The van der Waals surface area contributed by atoms with E-state index >= 15 is 0 Å². The van der Waals surface area contributed by atoms with E-state index in [2.05, 4.69) is 17.1 Å². The zero-order valence-electron chi connectivity index (χ0n) is 15.9. The normalized spacial score (nSPS) is 16.3. The Morgan fingerprint density at radius 3 is 2.21 bits per heavy atom. The fourth-order valence-electron chi connectivity index (χ4n) is 3.11. The predicted octanol–water partition coefficient (Wildman–Crippen LogP) is 2.39. The molecule has 0 unspecified atom stereocenters. The molecular weight excluding hydrogens is 374 g/mol. The number of amides is 1. The first kappa shape index (κ1) is 20.3. The van der Waals surface area contributed by atoms with Gasteiger partial charge in [0.05, 0.1) is 4.90 Å². The van der Waals surface area contributed by atoms with E-state index in [-0.39, 0.29) is 4.90 Å². The number of hydrogen-bond acceptors (Lipinski definition) is 5. The first-order valence-electron chi connectivity index (χ1n) is 9.26. The van der Waals surface area contributed by atoms with E-state index in [0.717, 1.165) is 22.1 Å². The number of benzene rings is 2. The van der Waals surface area contributed by atoms with Gasteiger partial charge in [-0.15, -0.1) is 0 Å². The van der Waals surface area contributed by atoms with Crippen LogP contribution >= 0.6 is 0 Å². The highest BCUT2D eigenvalue weighted by Crippen LogP contribution is 2.18. The molecule has 6 nitrogen and oxygen atoms in total. The summed E-state index contributed by atoms with van der Waals surface area (Å²) in [4.78, 5) is 13.9. The highest BCUT2D eigenvalue weighted by molar-refractivity contribution is 7.89. The Morgan fingerprint density at radius 2 is 1.61 bits per heavy atom. The zero-order valence-corrected chi connectivity index (χ0v) is 16.8. The van der Waals surface area contributed by atoms with Gasteiger partial charge in [0, 0.05) is 32.7 Å². The number of rotatable bonds is 7.